The molecule has 2 rings (SSSR count). The molecule has 80 valence electrons. The summed E-state index contributed by atoms with van der Waals surface area (Å²) in [4.78, 5) is 7.32. The van der Waals surface area contributed by atoms with E-state index in [4.69, 9.17) is 10.00 Å². The normalized spacial score (nSPS) is 9.75. The van der Waals surface area contributed by atoms with E-state index in [0.29, 0.717) is 6.42 Å². The first-order valence-electron chi connectivity index (χ1n) is 4.89. The summed E-state index contributed by atoms with van der Waals surface area (Å²) in [7, 11) is 1.62. The van der Waals surface area contributed by atoms with Crippen LogP contribution in [0.2, 0.25) is 0 Å². The van der Waals surface area contributed by atoms with Gasteiger partial charge in [0.2, 0.25) is 0 Å². The summed E-state index contributed by atoms with van der Waals surface area (Å²) in [6.07, 6.45) is 2.01. The largest absolute Gasteiger partial charge is 0.496 e. The van der Waals surface area contributed by atoms with E-state index < -0.39 is 0 Å². The number of nitrogens with zero attached hydrogens (tertiary/aromatic N) is 2. The van der Waals surface area contributed by atoms with E-state index >= 15 is 0 Å². The molecule has 0 aliphatic carbocycles. The molecule has 2 aromatic rings. The molecule has 0 unspecified atom stereocenters. The zero-order valence-corrected chi connectivity index (χ0v) is 8.90. The molecule has 1 aromatic carbocycles. The number of hydrogen-bond donors (Lipinski definition) is 1. The first kappa shape index (κ1) is 10.2. The number of rotatable bonds is 3. The van der Waals surface area contributed by atoms with Gasteiger partial charge in [0.25, 0.3) is 0 Å². The Balaban J connectivity index is 2.39. The molecular weight excluding hydrogens is 202 g/mol. The van der Waals surface area contributed by atoms with Crippen LogP contribution in [0.1, 0.15) is 5.69 Å². The third kappa shape index (κ3) is 1.89. The summed E-state index contributed by atoms with van der Waals surface area (Å²) >= 11 is 0. The first-order chi connectivity index (χ1) is 7.85. The number of nitriles is 1. The maximum atomic E-state index is 8.58. The summed E-state index contributed by atoms with van der Waals surface area (Å²) in [5.74, 6) is 1.49. The highest BCUT2D eigenvalue weighted by molar-refractivity contribution is 5.64. The van der Waals surface area contributed by atoms with E-state index in [1.54, 1.807) is 13.3 Å². The molecule has 0 saturated carbocycles. The Labute approximate surface area is 93.5 Å². The molecule has 0 aliphatic heterocycles. The predicted octanol–water partition coefficient (Wildman–Crippen LogP) is 2.15. The molecule has 4 heteroatoms. The standard InChI is InChI=1S/C12H11N3O/c1-16-11-5-3-2-4-10(11)12-14-8-9(15-12)6-7-13/h2-5,8H,6H2,1H3,(H,14,15). The van der Waals surface area contributed by atoms with Gasteiger partial charge in [0.1, 0.15) is 11.6 Å². The lowest BCUT2D eigenvalue weighted by molar-refractivity contribution is 0.416. The molecular formula is C12H11N3O. The molecule has 0 spiro atoms. The quantitative estimate of drug-likeness (QED) is 0.849. The summed E-state index contributed by atoms with van der Waals surface area (Å²) in [6.45, 7) is 0. The fourth-order valence-corrected chi connectivity index (χ4v) is 1.51. The highest BCUT2D eigenvalue weighted by Gasteiger charge is 2.08. The molecule has 1 heterocycles. The van der Waals surface area contributed by atoms with Gasteiger partial charge in [0, 0.05) is 11.9 Å². The molecule has 0 fully saturated rings. The van der Waals surface area contributed by atoms with Gasteiger partial charge in [0.15, 0.2) is 0 Å². The zero-order valence-electron chi connectivity index (χ0n) is 8.90. The maximum Gasteiger partial charge on any atom is 0.141 e. The van der Waals surface area contributed by atoms with Crippen LogP contribution in [0, 0.1) is 11.3 Å². The van der Waals surface area contributed by atoms with Crippen molar-refractivity contribution in [3.8, 4) is 23.2 Å². The highest BCUT2D eigenvalue weighted by Crippen LogP contribution is 2.26. The number of benzene rings is 1. The van der Waals surface area contributed by atoms with E-state index in [0.717, 1.165) is 22.8 Å². The van der Waals surface area contributed by atoms with Gasteiger partial charge in [-0.15, -0.1) is 0 Å². The van der Waals surface area contributed by atoms with Crippen molar-refractivity contribution in [3.05, 3.63) is 36.2 Å². The van der Waals surface area contributed by atoms with E-state index in [1.807, 2.05) is 24.3 Å². The molecule has 4 nitrogen and oxygen atoms in total. The lowest BCUT2D eigenvalue weighted by Crippen LogP contribution is -1.89. The van der Waals surface area contributed by atoms with Crippen molar-refractivity contribution >= 4 is 0 Å². The first-order valence-corrected chi connectivity index (χ1v) is 4.89. The van der Waals surface area contributed by atoms with E-state index in [-0.39, 0.29) is 0 Å². The van der Waals surface area contributed by atoms with Crippen LogP contribution in [0.15, 0.2) is 30.5 Å². The van der Waals surface area contributed by atoms with Crippen molar-refractivity contribution in [2.45, 2.75) is 6.42 Å². The second kappa shape index (κ2) is 4.49. The van der Waals surface area contributed by atoms with Crippen LogP contribution in [-0.2, 0) is 6.42 Å². The van der Waals surface area contributed by atoms with Gasteiger partial charge in [-0.05, 0) is 12.1 Å². The second-order valence-corrected chi connectivity index (χ2v) is 3.29. The van der Waals surface area contributed by atoms with Crippen LogP contribution >= 0.6 is 0 Å². The minimum absolute atomic E-state index is 0.335. The number of hydrogen-bond acceptors (Lipinski definition) is 3. The monoisotopic (exact) mass is 213 g/mol. The summed E-state index contributed by atoms with van der Waals surface area (Å²) in [6, 6.07) is 9.70. The number of imidazole rings is 1. The Morgan fingerprint density at radius 3 is 3.00 bits per heavy atom. The van der Waals surface area contributed by atoms with Crippen LogP contribution in [0.25, 0.3) is 11.4 Å². The van der Waals surface area contributed by atoms with Gasteiger partial charge in [-0.1, -0.05) is 12.1 Å². The third-order valence-electron chi connectivity index (χ3n) is 2.26. The van der Waals surface area contributed by atoms with Gasteiger partial charge in [0.05, 0.1) is 25.2 Å². The summed E-state index contributed by atoms with van der Waals surface area (Å²) in [5, 5.41) is 8.58. The molecule has 0 radical (unpaired) electrons. The minimum Gasteiger partial charge on any atom is -0.496 e. The van der Waals surface area contributed by atoms with Crippen molar-refractivity contribution in [2.24, 2.45) is 0 Å². The minimum atomic E-state index is 0.335. The molecule has 16 heavy (non-hydrogen) atoms. The Kier molecular flexibility index (Phi) is 2.88. The van der Waals surface area contributed by atoms with Gasteiger partial charge in [-0.3, -0.25) is 0 Å². The van der Waals surface area contributed by atoms with Gasteiger partial charge >= 0.3 is 0 Å². The molecule has 0 amide bonds. The van der Waals surface area contributed by atoms with Crippen molar-refractivity contribution < 1.29 is 4.74 Å². The SMILES string of the molecule is COc1ccccc1-c1ncc(CC#N)[nH]1. The summed E-state index contributed by atoms with van der Waals surface area (Å²) < 4.78 is 5.24. The third-order valence-corrected chi connectivity index (χ3v) is 2.26. The van der Waals surface area contributed by atoms with Gasteiger partial charge in [-0.2, -0.15) is 5.26 Å². The van der Waals surface area contributed by atoms with Gasteiger partial charge < -0.3 is 9.72 Å². The van der Waals surface area contributed by atoms with E-state index in [9.17, 15) is 0 Å². The Hall–Kier alpha value is -2.28. The second-order valence-electron chi connectivity index (χ2n) is 3.29. The Morgan fingerprint density at radius 1 is 1.44 bits per heavy atom. The number of nitrogens with one attached hydrogen (secondary N) is 1. The Morgan fingerprint density at radius 2 is 2.25 bits per heavy atom. The number of ether oxygens (including phenoxy) is 1. The number of methoxy groups -OCH3 is 1. The molecule has 0 aliphatic rings. The van der Waals surface area contributed by atoms with Crippen LogP contribution in [0.3, 0.4) is 0 Å². The van der Waals surface area contributed by atoms with E-state index in [1.165, 1.54) is 0 Å². The number of aromatic nitrogens is 2. The molecule has 0 bridgehead atoms. The topological polar surface area (TPSA) is 61.7 Å². The number of aromatic amines is 1. The fraction of sp³-hybridized carbons (Fsp3) is 0.167. The average Bonchev–Trinajstić information content (AvgIpc) is 2.78. The Bertz CT molecular complexity index is 525. The van der Waals surface area contributed by atoms with Crippen molar-refractivity contribution in [1.29, 1.82) is 5.26 Å². The average molecular weight is 213 g/mol. The fourth-order valence-electron chi connectivity index (χ4n) is 1.51. The molecule has 1 aromatic heterocycles. The number of para-hydroxylation sites is 1. The van der Waals surface area contributed by atoms with Crippen LogP contribution in [0.5, 0.6) is 5.75 Å². The van der Waals surface area contributed by atoms with Crippen molar-refractivity contribution in [3.63, 3.8) is 0 Å². The smallest absolute Gasteiger partial charge is 0.141 e. The van der Waals surface area contributed by atoms with Crippen molar-refractivity contribution in [1.82, 2.24) is 9.97 Å². The molecule has 0 saturated heterocycles. The highest BCUT2D eigenvalue weighted by atomic mass is 16.5. The van der Waals surface area contributed by atoms with Crippen molar-refractivity contribution in [2.75, 3.05) is 7.11 Å². The molecule has 1 N–H and O–H groups in total. The summed E-state index contributed by atoms with van der Waals surface area (Å²) in [5.41, 5.74) is 1.71. The maximum absolute atomic E-state index is 8.58. The molecule has 0 atom stereocenters. The predicted molar refractivity (Wildman–Crippen MR) is 59.9 cm³/mol. The lowest BCUT2D eigenvalue weighted by Gasteiger charge is -2.04. The van der Waals surface area contributed by atoms with Crippen LogP contribution in [0.4, 0.5) is 0 Å². The lowest BCUT2D eigenvalue weighted by atomic mass is 10.2. The van der Waals surface area contributed by atoms with Gasteiger partial charge in [-0.25, -0.2) is 4.98 Å². The van der Waals surface area contributed by atoms with E-state index in [2.05, 4.69) is 16.0 Å². The number of H-pyrrole nitrogens is 1. The van der Waals surface area contributed by atoms with Crippen LogP contribution < -0.4 is 4.74 Å². The van der Waals surface area contributed by atoms with Crippen LogP contribution in [-0.4, -0.2) is 17.1 Å². The zero-order chi connectivity index (χ0) is 11.4.